The van der Waals surface area contributed by atoms with E-state index in [1.165, 1.54) is 38.6 Å². The Bertz CT molecular complexity index is 153. The van der Waals surface area contributed by atoms with Gasteiger partial charge in [-0.05, 0) is 44.2 Å². The molecule has 0 saturated carbocycles. The molecule has 90 valence electrons. The molecule has 0 heterocycles. The highest BCUT2D eigenvalue weighted by molar-refractivity contribution is 4.79. The van der Waals surface area contributed by atoms with Gasteiger partial charge in [0, 0.05) is 0 Å². The predicted molar refractivity (Wildman–Crippen MR) is 70.2 cm³/mol. The first-order chi connectivity index (χ1) is 7.06. The molecular formula is C14H29N. The summed E-state index contributed by atoms with van der Waals surface area (Å²) in [6.45, 7) is 11.3. The van der Waals surface area contributed by atoms with Gasteiger partial charge in [0.05, 0.1) is 0 Å². The van der Waals surface area contributed by atoms with Crippen LogP contribution in [0.1, 0.15) is 59.8 Å². The Kier molecular flexibility index (Phi) is 8.79. The maximum atomic E-state index is 3.51. The fourth-order valence-corrected chi connectivity index (χ4v) is 1.44. The van der Waals surface area contributed by atoms with E-state index in [2.05, 4.69) is 45.2 Å². The molecule has 0 bridgehead atoms. The minimum absolute atomic E-state index is 0.420. The average Bonchev–Trinajstić information content (AvgIpc) is 2.14. The number of allylic oxidation sites excluding steroid dienone is 2. The second-order valence-electron chi connectivity index (χ2n) is 5.47. The van der Waals surface area contributed by atoms with Crippen molar-refractivity contribution in [1.29, 1.82) is 0 Å². The van der Waals surface area contributed by atoms with Gasteiger partial charge >= 0.3 is 0 Å². The zero-order valence-electron chi connectivity index (χ0n) is 11.1. The van der Waals surface area contributed by atoms with Crippen LogP contribution in [-0.4, -0.2) is 13.1 Å². The number of unbranched alkanes of at least 4 members (excludes halogenated alkanes) is 3. The maximum absolute atomic E-state index is 3.51. The Labute approximate surface area is 96.3 Å². The van der Waals surface area contributed by atoms with Crippen molar-refractivity contribution in [1.82, 2.24) is 5.32 Å². The molecule has 0 unspecified atom stereocenters. The molecule has 0 radical (unpaired) electrons. The monoisotopic (exact) mass is 211 g/mol. The SMILES string of the molecule is CC/C=C/CCCCCNCC(C)(C)C. The normalized spacial score (nSPS) is 12.5. The summed E-state index contributed by atoms with van der Waals surface area (Å²) in [6, 6.07) is 0. The maximum Gasteiger partial charge on any atom is -0.0000126 e. The van der Waals surface area contributed by atoms with Crippen LogP contribution in [0, 0.1) is 5.41 Å². The summed E-state index contributed by atoms with van der Waals surface area (Å²) in [5.41, 5.74) is 0.420. The van der Waals surface area contributed by atoms with Crippen LogP contribution in [0.25, 0.3) is 0 Å². The van der Waals surface area contributed by atoms with Crippen molar-refractivity contribution >= 4 is 0 Å². The average molecular weight is 211 g/mol. The molecule has 0 amide bonds. The molecule has 0 aromatic rings. The van der Waals surface area contributed by atoms with Crippen LogP contribution in [0.3, 0.4) is 0 Å². The van der Waals surface area contributed by atoms with Crippen molar-refractivity contribution in [2.24, 2.45) is 5.41 Å². The third-order valence-electron chi connectivity index (χ3n) is 2.28. The minimum Gasteiger partial charge on any atom is -0.316 e. The lowest BCUT2D eigenvalue weighted by Crippen LogP contribution is -2.27. The molecule has 0 saturated heterocycles. The molecule has 0 fully saturated rings. The largest absolute Gasteiger partial charge is 0.316 e. The predicted octanol–water partition coefficient (Wildman–Crippen LogP) is 4.15. The van der Waals surface area contributed by atoms with E-state index in [1.807, 2.05) is 0 Å². The van der Waals surface area contributed by atoms with E-state index in [-0.39, 0.29) is 0 Å². The lowest BCUT2D eigenvalue weighted by molar-refractivity contribution is 0.377. The van der Waals surface area contributed by atoms with Gasteiger partial charge in [-0.15, -0.1) is 0 Å². The summed E-state index contributed by atoms with van der Waals surface area (Å²) >= 11 is 0. The van der Waals surface area contributed by atoms with Crippen molar-refractivity contribution in [2.45, 2.75) is 59.8 Å². The Morgan fingerprint density at radius 3 is 2.33 bits per heavy atom. The zero-order chi connectivity index (χ0) is 11.6. The summed E-state index contributed by atoms with van der Waals surface area (Å²) in [6.07, 6.45) is 11.0. The lowest BCUT2D eigenvalue weighted by atomic mass is 9.97. The van der Waals surface area contributed by atoms with Crippen LogP contribution in [0.15, 0.2) is 12.2 Å². The van der Waals surface area contributed by atoms with E-state index < -0.39 is 0 Å². The van der Waals surface area contributed by atoms with Crippen LogP contribution < -0.4 is 5.32 Å². The third kappa shape index (κ3) is 13.7. The van der Waals surface area contributed by atoms with E-state index in [0.29, 0.717) is 5.41 Å². The molecule has 1 heteroatoms. The van der Waals surface area contributed by atoms with Crippen LogP contribution in [0.2, 0.25) is 0 Å². The van der Waals surface area contributed by atoms with Gasteiger partial charge in [0.2, 0.25) is 0 Å². The first kappa shape index (κ1) is 14.7. The second kappa shape index (κ2) is 8.96. The summed E-state index contributed by atoms with van der Waals surface area (Å²) in [7, 11) is 0. The van der Waals surface area contributed by atoms with Gasteiger partial charge in [-0.1, -0.05) is 46.3 Å². The summed E-state index contributed by atoms with van der Waals surface area (Å²) in [5, 5.41) is 3.51. The Morgan fingerprint density at radius 1 is 1.00 bits per heavy atom. The van der Waals surface area contributed by atoms with Gasteiger partial charge in [-0.25, -0.2) is 0 Å². The quantitative estimate of drug-likeness (QED) is 0.470. The molecule has 15 heavy (non-hydrogen) atoms. The molecule has 0 aromatic carbocycles. The van der Waals surface area contributed by atoms with Gasteiger partial charge in [0.25, 0.3) is 0 Å². The topological polar surface area (TPSA) is 12.0 Å². The van der Waals surface area contributed by atoms with Crippen molar-refractivity contribution < 1.29 is 0 Å². The lowest BCUT2D eigenvalue weighted by Gasteiger charge is -2.18. The molecular weight excluding hydrogens is 182 g/mol. The number of hydrogen-bond donors (Lipinski definition) is 1. The van der Waals surface area contributed by atoms with E-state index in [1.54, 1.807) is 0 Å². The van der Waals surface area contributed by atoms with Gasteiger partial charge < -0.3 is 5.32 Å². The standard InChI is InChI=1S/C14H29N/c1-5-6-7-8-9-10-11-12-15-13-14(2,3)4/h6-7,15H,5,8-13H2,1-4H3/b7-6+. The Hall–Kier alpha value is -0.300. The summed E-state index contributed by atoms with van der Waals surface area (Å²) < 4.78 is 0. The summed E-state index contributed by atoms with van der Waals surface area (Å²) in [5.74, 6) is 0. The first-order valence-corrected chi connectivity index (χ1v) is 6.42. The molecule has 0 aliphatic heterocycles. The van der Waals surface area contributed by atoms with Crippen LogP contribution in [0.5, 0.6) is 0 Å². The Morgan fingerprint density at radius 2 is 1.73 bits per heavy atom. The summed E-state index contributed by atoms with van der Waals surface area (Å²) in [4.78, 5) is 0. The highest BCUT2D eigenvalue weighted by Crippen LogP contribution is 2.10. The van der Waals surface area contributed by atoms with Crippen LogP contribution in [-0.2, 0) is 0 Å². The van der Waals surface area contributed by atoms with E-state index in [0.717, 1.165) is 6.54 Å². The molecule has 0 aromatic heterocycles. The smallest absolute Gasteiger partial charge is 0.0000126 e. The van der Waals surface area contributed by atoms with Gasteiger partial charge in [0.1, 0.15) is 0 Å². The molecule has 0 aliphatic rings. The van der Waals surface area contributed by atoms with E-state index in [4.69, 9.17) is 0 Å². The van der Waals surface area contributed by atoms with Crippen molar-refractivity contribution in [3.63, 3.8) is 0 Å². The molecule has 1 nitrogen and oxygen atoms in total. The van der Waals surface area contributed by atoms with Crippen molar-refractivity contribution in [3.8, 4) is 0 Å². The molecule has 0 rings (SSSR count). The highest BCUT2D eigenvalue weighted by atomic mass is 14.9. The Balaban J connectivity index is 3.09. The first-order valence-electron chi connectivity index (χ1n) is 6.42. The van der Waals surface area contributed by atoms with Gasteiger partial charge in [-0.3, -0.25) is 0 Å². The number of hydrogen-bond acceptors (Lipinski definition) is 1. The fraction of sp³-hybridized carbons (Fsp3) is 0.857. The molecule has 0 aliphatic carbocycles. The van der Waals surface area contributed by atoms with Gasteiger partial charge in [0.15, 0.2) is 0 Å². The number of nitrogens with one attached hydrogen (secondary N) is 1. The van der Waals surface area contributed by atoms with Crippen LogP contribution in [0.4, 0.5) is 0 Å². The minimum atomic E-state index is 0.420. The molecule has 0 atom stereocenters. The third-order valence-corrected chi connectivity index (χ3v) is 2.28. The van der Waals surface area contributed by atoms with E-state index >= 15 is 0 Å². The van der Waals surface area contributed by atoms with Crippen LogP contribution >= 0.6 is 0 Å². The molecule has 1 N–H and O–H groups in total. The van der Waals surface area contributed by atoms with E-state index in [9.17, 15) is 0 Å². The van der Waals surface area contributed by atoms with Crippen molar-refractivity contribution in [3.05, 3.63) is 12.2 Å². The van der Waals surface area contributed by atoms with Crippen molar-refractivity contribution in [2.75, 3.05) is 13.1 Å². The van der Waals surface area contributed by atoms with Gasteiger partial charge in [-0.2, -0.15) is 0 Å². The zero-order valence-corrected chi connectivity index (χ0v) is 11.1. The second-order valence-corrected chi connectivity index (χ2v) is 5.47. The number of rotatable bonds is 8. The molecule has 0 spiro atoms. The highest BCUT2D eigenvalue weighted by Gasteiger charge is 2.07. The fourth-order valence-electron chi connectivity index (χ4n) is 1.44.